The number of nitrogens with two attached hydrogens (primary N) is 1. The van der Waals surface area contributed by atoms with E-state index < -0.39 is 0 Å². The van der Waals surface area contributed by atoms with Gasteiger partial charge in [0.25, 0.3) is 5.91 Å². The maximum atomic E-state index is 11.4. The molecule has 2 aromatic heterocycles. The Kier molecular flexibility index (Phi) is 3.32. The van der Waals surface area contributed by atoms with Gasteiger partial charge >= 0.3 is 0 Å². The van der Waals surface area contributed by atoms with Gasteiger partial charge in [0, 0.05) is 29.0 Å². The number of nitrogens with zero attached hydrogens (tertiary/aromatic N) is 2. The third-order valence-corrected chi connectivity index (χ3v) is 3.75. The van der Waals surface area contributed by atoms with Gasteiger partial charge in [0.1, 0.15) is 10.7 Å². The van der Waals surface area contributed by atoms with Crippen molar-refractivity contribution in [3.8, 4) is 16.3 Å². The Balaban J connectivity index is 1.96. The van der Waals surface area contributed by atoms with E-state index in [0.717, 1.165) is 16.3 Å². The molecule has 3 rings (SSSR count). The summed E-state index contributed by atoms with van der Waals surface area (Å²) in [6.07, 6.45) is 3.96. The van der Waals surface area contributed by atoms with Crippen LogP contribution in [-0.2, 0) is 0 Å². The van der Waals surface area contributed by atoms with Gasteiger partial charge in [-0.3, -0.25) is 10.2 Å². The quantitative estimate of drug-likeness (QED) is 0.440. The summed E-state index contributed by atoms with van der Waals surface area (Å²) in [6.45, 7) is 0. The zero-order valence-electron chi connectivity index (χ0n) is 10.5. The minimum Gasteiger partial charge on any atom is -0.324 e. The summed E-state index contributed by atoms with van der Waals surface area (Å²) in [5.74, 6) is 4.72. The van der Waals surface area contributed by atoms with Crippen molar-refractivity contribution < 1.29 is 4.79 Å². The first-order chi connectivity index (χ1) is 9.78. The zero-order chi connectivity index (χ0) is 13.9. The van der Waals surface area contributed by atoms with Gasteiger partial charge < -0.3 is 4.57 Å². The number of carbonyl (C=O) groups excluding carboxylic acids is 1. The molecular weight excluding hydrogens is 272 g/mol. The number of amides is 1. The second kappa shape index (κ2) is 5.28. The van der Waals surface area contributed by atoms with Crippen molar-refractivity contribution in [1.82, 2.24) is 15.0 Å². The summed E-state index contributed by atoms with van der Waals surface area (Å²) in [5.41, 5.74) is 4.43. The molecule has 0 unspecified atom stereocenters. The molecule has 100 valence electrons. The molecule has 0 radical (unpaired) electrons. The van der Waals surface area contributed by atoms with E-state index in [4.69, 9.17) is 5.84 Å². The van der Waals surface area contributed by atoms with Crippen LogP contribution >= 0.6 is 11.3 Å². The number of benzene rings is 1. The molecule has 1 amide bonds. The largest absolute Gasteiger partial charge is 0.324 e. The lowest BCUT2D eigenvalue weighted by Crippen LogP contribution is -2.30. The third-order valence-electron chi connectivity index (χ3n) is 2.86. The Hall–Kier alpha value is -2.44. The fraction of sp³-hybridized carbons (Fsp3) is 0. The van der Waals surface area contributed by atoms with Crippen molar-refractivity contribution in [1.29, 1.82) is 0 Å². The van der Waals surface area contributed by atoms with Crippen LogP contribution in [-0.4, -0.2) is 15.5 Å². The van der Waals surface area contributed by atoms with E-state index in [0.29, 0.717) is 5.69 Å². The van der Waals surface area contributed by atoms with Crippen LogP contribution in [0.1, 0.15) is 10.5 Å². The first kappa shape index (κ1) is 12.6. The molecule has 0 bridgehead atoms. The number of rotatable bonds is 3. The number of hydrogen-bond acceptors (Lipinski definition) is 4. The highest BCUT2D eigenvalue weighted by Crippen LogP contribution is 2.25. The lowest BCUT2D eigenvalue weighted by Gasteiger charge is -2.04. The maximum Gasteiger partial charge on any atom is 0.284 e. The van der Waals surface area contributed by atoms with E-state index in [-0.39, 0.29) is 5.91 Å². The molecule has 0 aliphatic rings. The van der Waals surface area contributed by atoms with Crippen molar-refractivity contribution in [3.05, 3.63) is 59.9 Å². The summed E-state index contributed by atoms with van der Waals surface area (Å²) < 4.78 is 2.02. The maximum absolute atomic E-state index is 11.4. The molecule has 1 aromatic carbocycles. The van der Waals surface area contributed by atoms with Crippen LogP contribution in [0.5, 0.6) is 0 Å². The van der Waals surface area contributed by atoms with Gasteiger partial charge in [0.15, 0.2) is 0 Å². The molecule has 5 nitrogen and oxygen atoms in total. The van der Waals surface area contributed by atoms with Crippen LogP contribution in [0.25, 0.3) is 16.3 Å². The molecular formula is C14H12N4OS. The minimum atomic E-state index is -0.380. The molecule has 0 saturated carbocycles. The van der Waals surface area contributed by atoms with Crippen molar-refractivity contribution in [2.45, 2.75) is 0 Å². The number of carbonyl (C=O) groups is 1. The van der Waals surface area contributed by atoms with E-state index in [1.165, 1.54) is 11.3 Å². The fourth-order valence-corrected chi connectivity index (χ4v) is 2.69. The van der Waals surface area contributed by atoms with Gasteiger partial charge in [0.2, 0.25) is 0 Å². The second-order valence-corrected chi connectivity index (χ2v) is 5.01. The summed E-state index contributed by atoms with van der Waals surface area (Å²) in [5, 5.41) is 2.48. The first-order valence-electron chi connectivity index (χ1n) is 5.98. The standard InChI is InChI=1S/C14H12N4OS/c15-17-13(19)12-9-20-14(16-12)10-4-3-5-11(8-10)18-6-1-2-7-18/h1-9H,15H2,(H,17,19). The monoisotopic (exact) mass is 284 g/mol. The lowest BCUT2D eigenvalue weighted by molar-refractivity contribution is 0.0949. The number of hydrogen-bond donors (Lipinski definition) is 2. The Morgan fingerprint density at radius 3 is 2.80 bits per heavy atom. The van der Waals surface area contributed by atoms with E-state index in [2.05, 4.69) is 10.4 Å². The van der Waals surface area contributed by atoms with Crippen LogP contribution in [0.3, 0.4) is 0 Å². The molecule has 2 heterocycles. The normalized spacial score (nSPS) is 10.4. The molecule has 6 heteroatoms. The highest BCUT2D eigenvalue weighted by atomic mass is 32.1. The van der Waals surface area contributed by atoms with Crippen LogP contribution < -0.4 is 11.3 Å². The van der Waals surface area contributed by atoms with Gasteiger partial charge in [-0.2, -0.15) is 0 Å². The Labute approximate surface area is 119 Å². The van der Waals surface area contributed by atoms with Gasteiger partial charge in [-0.1, -0.05) is 12.1 Å². The van der Waals surface area contributed by atoms with Crippen LogP contribution in [0.15, 0.2) is 54.2 Å². The summed E-state index contributed by atoms with van der Waals surface area (Å²) in [4.78, 5) is 15.7. The molecule has 0 aliphatic heterocycles. The average Bonchev–Trinajstić information content (AvgIpc) is 3.18. The Bertz CT molecular complexity index is 733. The lowest BCUT2D eigenvalue weighted by atomic mass is 10.2. The first-order valence-corrected chi connectivity index (χ1v) is 6.86. The second-order valence-electron chi connectivity index (χ2n) is 4.15. The predicted molar refractivity (Wildman–Crippen MR) is 78.5 cm³/mol. The molecule has 0 fully saturated rings. The topological polar surface area (TPSA) is 72.9 Å². The average molecular weight is 284 g/mol. The molecule has 0 saturated heterocycles. The predicted octanol–water partition coefficient (Wildman–Crippen LogP) is 2.20. The van der Waals surface area contributed by atoms with Gasteiger partial charge in [-0.05, 0) is 24.3 Å². The van der Waals surface area contributed by atoms with Crippen LogP contribution in [0, 0.1) is 0 Å². The highest BCUT2D eigenvalue weighted by Gasteiger charge is 2.10. The Morgan fingerprint density at radius 1 is 1.25 bits per heavy atom. The SMILES string of the molecule is NNC(=O)c1csc(-c2cccc(-n3cccc3)c2)n1. The number of nitrogen functional groups attached to an aromatic ring is 1. The van der Waals surface area contributed by atoms with E-state index in [9.17, 15) is 4.79 Å². The van der Waals surface area contributed by atoms with Crippen LogP contribution in [0.4, 0.5) is 0 Å². The molecule has 0 atom stereocenters. The van der Waals surface area contributed by atoms with E-state index >= 15 is 0 Å². The Morgan fingerprint density at radius 2 is 2.05 bits per heavy atom. The van der Waals surface area contributed by atoms with Crippen molar-refractivity contribution in [2.75, 3.05) is 0 Å². The smallest absolute Gasteiger partial charge is 0.284 e. The van der Waals surface area contributed by atoms with Crippen LogP contribution in [0.2, 0.25) is 0 Å². The molecule has 0 aliphatic carbocycles. The number of aromatic nitrogens is 2. The zero-order valence-corrected chi connectivity index (χ0v) is 11.3. The van der Waals surface area contributed by atoms with Gasteiger partial charge in [-0.15, -0.1) is 11.3 Å². The van der Waals surface area contributed by atoms with Crippen molar-refractivity contribution in [3.63, 3.8) is 0 Å². The molecule has 3 N–H and O–H groups in total. The molecule has 0 spiro atoms. The highest BCUT2D eigenvalue weighted by molar-refractivity contribution is 7.13. The fourth-order valence-electron chi connectivity index (χ4n) is 1.89. The van der Waals surface area contributed by atoms with Crippen molar-refractivity contribution >= 4 is 17.2 Å². The molecule has 3 aromatic rings. The van der Waals surface area contributed by atoms with Gasteiger partial charge in [0.05, 0.1) is 0 Å². The van der Waals surface area contributed by atoms with Crippen molar-refractivity contribution in [2.24, 2.45) is 5.84 Å². The number of hydrazine groups is 1. The van der Waals surface area contributed by atoms with Gasteiger partial charge in [-0.25, -0.2) is 10.8 Å². The minimum absolute atomic E-state index is 0.332. The summed E-state index contributed by atoms with van der Waals surface area (Å²) >= 11 is 1.42. The summed E-state index contributed by atoms with van der Waals surface area (Å²) in [6, 6.07) is 11.9. The number of nitrogens with one attached hydrogen (secondary N) is 1. The van der Waals surface area contributed by atoms with E-state index in [1.807, 2.05) is 53.4 Å². The summed E-state index contributed by atoms with van der Waals surface area (Å²) in [7, 11) is 0. The van der Waals surface area contributed by atoms with E-state index in [1.54, 1.807) is 5.38 Å². The molecule has 20 heavy (non-hydrogen) atoms. The third kappa shape index (κ3) is 2.34. The number of thiazole rings is 1.